The van der Waals surface area contributed by atoms with Crippen molar-refractivity contribution in [1.82, 2.24) is 0 Å². The van der Waals surface area contributed by atoms with Gasteiger partial charge < -0.3 is 14.2 Å². The van der Waals surface area contributed by atoms with Crippen molar-refractivity contribution < 1.29 is 13.6 Å². The first-order valence-electron chi connectivity index (χ1n) is 2.93. The van der Waals surface area contributed by atoms with Crippen LogP contribution < -0.4 is 0 Å². The summed E-state index contributed by atoms with van der Waals surface area (Å²) in [5.41, 5.74) is 0. The Hall–Kier alpha value is 0.460. The molecule has 0 aromatic rings. The molecule has 0 aromatic heterocycles. The maximum atomic E-state index is 11.1. The average molecular weight is 184 g/mol. The minimum atomic E-state index is -3.12. The smallest absolute Gasteiger partial charge is 0.369 e. The van der Waals surface area contributed by atoms with Gasteiger partial charge >= 0.3 is 6.80 Å². The van der Waals surface area contributed by atoms with Gasteiger partial charge in [0.1, 0.15) is 0 Å². The summed E-state index contributed by atoms with van der Waals surface area (Å²) in [7, 11) is 0. The van der Waals surface area contributed by atoms with Crippen molar-refractivity contribution >= 4 is 18.4 Å². The third-order valence-corrected chi connectivity index (χ3v) is 3.36. The van der Waals surface area contributed by atoms with Gasteiger partial charge in [-0.3, -0.25) is 0 Å². The van der Waals surface area contributed by atoms with Crippen LogP contribution in [0.1, 0.15) is 13.8 Å². The second-order valence-corrected chi connectivity index (χ2v) is 4.86. The molecule has 0 aliphatic carbocycles. The molecule has 0 radical (unpaired) electrons. The van der Waals surface area contributed by atoms with E-state index in [1.807, 2.05) is 0 Å². The first kappa shape index (κ1) is 10.5. The summed E-state index contributed by atoms with van der Waals surface area (Å²) in [6.07, 6.45) is 0. The molecule has 0 amide bonds. The van der Waals surface area contributed by atoms with E-state index >= 15 is 0 Å². The van der Waals surface area contributed by atoms with Crippen LogP contribution in [0.5, 0.6) is 0 Å². The standard InChI is InChI=1S/C4H11NO3PS/c1-3-7-9(6,10-5)8-4-2/h5H,3-4H2,1-2H3/q-1. The number of hydrogen-bond donors (Lipinski definition) is 0. The lowest BCUT2D eigenvalue weighted by Gasteiger charge is -2.17. The second kappa shape index (κ2) is 5.16. The lowest BCUT2D eigenvalue weighted by molar-refractivity contribution is 0.237. The van der Waals surface area contributed by atoms with E-state index < -0.39 is 6.80 Å². The van der Waals surface area contributed by atoms with Crippen LogP contribution in [0.15, 0.2) is 0 Å². The first-order chi connectivity index (χ1) is 4.68. The normalized spacial score (nSPS) is 11.9. The molecule has 0 spiro atoms. The second-order valence-electron chi connectivity index (χ2n) is 1.37. The Morgan fingerprint density at radius 3 is 2.00 bits per heavy atom. The number of nitrogens with one attached hydrogen (secondary N) is 1. The van der Waals surface area contributed by atoms with Gasteiger partial charge in [0.25, 0.3) is 0 Å². The van der Waals surface area contributed by atoms with Crippen LogP contribution in [0.4, 0.5) is 0 Å². The molecular weight excluding hydrogens is 173 g/mol. The summed E-state index contributed by atoms with van der Waals surface area (Å²) < 4.78 is 20.6. The zero-order chi connectivity index (χ0) is 8.04. The lowest BCUT2D eigenvalue weighted by Crippen LogP contribution is -1.90. The Bertz CT molecular complexity index is 122. The maximum absolute atomic E-state index is 11.1. The first-order valence-corrected chi connectivity index (χ1v) is 5.89. The van der Waals surface area contributed by atoms with E-state index in [1.165, 1.54) is 0 Å². The van der Waals surface area contributed by atoms with Crippen molar-refractivity contribution in [3.63, 3.8) is 0 Å². The average Bonchev–Trinajstić information content (AvgIpc) is 1.89. The molecule has 4 nitrogen and oxygen atoms in total. The molecule has 0 saturated heterocycles. The fourth-order valence-electron chi connectivity index (χ4n) is 0.406. The molecule has 0 heterocycles. The Labute approximate surface area is 64.9 Å². The molecule has 0 bridgehead atoms. The van der Waals surface area contributed by atoms with E-state index in [0.29, 0.717) is 24.8 Å². The summed E-state index contributed by atoms with van der Waals surface area (Å²) in [4.78, 5) is 0. The zero-order valence-corrected chi connectivity index (χ0v) is 7.71. The summed E-state index contributed by atoms with van der Waals surface area (Å²) in [6, 6.07) is 0. The zero-order valence-electron chi connectivity index (χ0n) is 5.99. The summed E-state index contributed by atoms with van der Waals surface area (Å²) in [5.74, 6) is 0. The van der Waals surface area contributed by atoms with Gasteiger partial charge in [0.05, 0.1) is 13.2 Å². The van der Waals surface area contributed by atoms with Crippen LogP contribution in [0, 0.1) is 0 Å². The fraction of sp³-hybridized carbons (Fsp3) is 1.00. The largest absolute Gasteiger partial charge is 0.611 e. The Kier molecular flexibility index (Phi) is 5.39. The third-order valence-electron chi connectivity index (χ3n) is 0.686. The van der Waals surface area contributed by atoms with Gasteiger partial charge in [-0.25, -0.2) is 4.57 Å². The van der Waals surface area contributed by atoms with Crippen LogP contribution in [0.2, 0.25) is 0 Å². The van der Waals surface area contributed by atoms with Crippen molar-refractivity contribution in [2.45, 2.75) is 13.8 Å². The molecule has 10 heavy (non-hydrogen) atoms. The molecule has 0 aliphatic rings. The van der Waals surface area contributed by atoms with Crippen molar-refractivity contribution in [2.24, 2.45) is 0 Å². The van der Waals surface area contributed by atoms with Crippen LogP contribution in [0.25, 0.3) is 5.14 Å². The van der Waals surface area contributed by atoms with Gasteiger partial charge in [0.15, 0.2) is 0 Å². The van der Waals surface area contributed by atoms with Crippen LogP contribution in [-0.4, -0.2) is 13.2 Å². The quantitative estimate of drug-likeness (QED) is 0.487. The Morgan fingerprint density at radius 2 is 1.80 bits per heavy atom. The lowest BCUT2D eigenvalue weighted by atomic mass is 10.9. The topological polar surface area (TPSA) is 59.3 Å². The van der Waals surface area contributed by atoms with Gasteiger partial charge in [-0.15, -0.1) is 0 Å². The van der Waals surface area contributed by atoms with Crippen molar-refractivity contribution in [1.29, 1.82) is 0 Å². The van der Waals surface area contributed by atoms with E-state index in [1.54, 1.807) is 13.8 Å². The minimum absolute atomic E-state index is 0.309. The van der Waals surface area contributed by atoms with Crippen molar-refractivity contribution in [2.75, 3.05) is 13.2 Å². The molecule has 0 atom stereocenters. The van der Waals surface area contributed by atoms with Crippen LogP contribution in [0.3, 0.4) is 0 Å². The highest BCUT2D eigenvalue weighted by molar-refractivity contribution is 8.56. The van der Waals surface area contributed by atoms with Gasteiger partial charge in [-0.05, 0) is 13.8 Å². The Balaban J connectivity index is 3.83. The summed E-state index contributed by atoms with van der Waals surface area (Å²) in [6.45, 7) is 0.921. The fourth-order valence-corrected chi connectivity index (χ4v) is 2.17. The molecule has 0 saturated carbocycles. The van der Waals surface area contributed by atoms with Gasteiger partial charge in [-0.2, -0.15) is 11.6 Å². The molecule has 0 aliphatic heterocycles. The van der Waals surface area contributed by atoms with Crippen molar-refractivity contribution in [3.8, 4) is 0 Å². The van der Waals surface area contributed by atoms with Crippen LogP contribution in [-0.2, 0) is 13.6 Å². The molecule has 0 aromatic carbocycles. The monoisotopic (exact) mass is 184 g/mol. The van der Waals surface area contributed by atoms with Crippen LogP contribution >= 0.6 is 18.4 Å². The highest BCUT2D eigenvalue weighted by atomic mass is 32.7. The number of hydrogen-bond acceptors (Lipinski definition) is 4. The highest BCUT2D eigenvalue weighted by Gasteiger charge is 2.16. The summed E-state index contributed by atoms with van der Waals surface area (Å²) in [5, 5.41) is 6.77. The van der Waals surface area contributed by atoms with Crippen molar-refractivity contribution in [3.05, 3.63) is 5.14 Å². The molecule has 6 heteroatoms. The molecule has 0 rings (SSSR count). The third kappa shape index (κ3) is 3.58. The van der Waals surface area contributed by atoms with E-state index in [2.05, 4.69) is 0 Å². The van der Waals surface area contributed by atoms with E-state index in [-0.39, 0.29) is 0 Å². The SMILES string of the molecule is CCOP(=O)(OCC)S[NH-]. The van der Waals surface area contributed by atoms with Gasteiger partial charge in [0.2, 0.25) is 0 Å². The molecule has 62 valence electrons. The minimum Gasteiger partial charge on any atom is -0.611 e. The highest BCUT2D eigenvalue weighted by Crippen LogP contribution is 2.60. The molecule has 1 N–H and O–H groups in total. The van der Waals surface area contributed by atoms with E-state index in [4.69, 9.17) is 14.2 Å². The van der Waals surface area contributed by atoms with E-state index in [9.17, 15) is 4.57 Å². The maximum Gasteiger partial charge on any atom is 0.369 e. The molecule has 0 fully saturated rings. The molecule has 0 unspecified atom stereocenters. The predicted molar refractivity (Wildman–Crippen MR) is 42.8 cm³/mol. The molecular formula is C4H11NO3PS-. The predicted octanol–water partition coefficient (Wildman–Crippen LogP) is 2.87. The summed E-state index contributed by atoms with van der Waals surface area (Å²) >= 11 is 0.382. The van der Waals surface area contributed by atoms with E-state index in [0.717, 1.165) is 0 Å². The number of rotatable bonds is 5. The Morgan fingerprint density at radius 1 is 1.40 bits per heavy atom. The van der Waals surface area contributed by atoms with Gasteiger partial charge in [0, 0.05) is 0 Å². The van der Waals surface area contributed by atoms with Gasteiger partial charge in [-0.1, -0.05) is 0 Å².